The van der Waals surface area contributed by atoms with E-state index in [2.05, 4.69) is 5.32 Å². The number of carbonyl (C=O) groups is 2. The number of benzene rings is 2. The van der Waals surface area contributed by atoms with Gasteiger partial charge in [0.1, 0.15) is 13.2 Å². The standard InChI is InChI=1S/C18H18N2O5/c1-23-14-8-13(9-15-16(14)25-6-5-24-15)18(22)20-10-11-3-2-4-12(7-11)17(19)21/h2-4,7-9H,5-6,10H2,1H3,(H2,19,21)(H,20,22). The Labute approximate surface area is 144 Å². The molecule has 2 aromatic rings. The van der Waals surface area contributed by atoms with Gasteiger partial charge in [0.25, 0.3) is 5.91 Å². The summed E-state index contributed by atoms with van der Waals surface area (Å²) in [6.07, 6.45) is 0. The summed E-state index contributed by atoms with van der Waals surface area (Å²) in [4.78, 5) is 23.7. The van der Waals surface area contributed by atoms with E-state index in [0.29, 0.717) is 41.6 Å². The van der Waals surface area contributed by atoms with Gasteiger partial charge in [-0.25, -0.2) is 0 Å². The van der Waals surface area contributed by atoms with Gasteiger partial charge >= 0.3 is 0 Å². The maximum atomic E-state index is 12.4. The molecule has 7 nitrogen and oxygen atoms in total. The van der Waals surface area contributed by atoms with E-state index in [1.165, 1.54) is 7.11 Å². The highest BCUT2D eigenvalue weighted by atomic mass is 16.6. The number of methoxy groups -OCH3 is 1. The smallest absolute Gasteiger partial charge is 0.251 e. The average Bonchev–Trinajstić information content (AvgIpc) is 2.65. The van der Waals surface area contributed by atoms with Gasteiger partial charge in [0.05, 0.1) is 7.11 Å². The molecule has 2 amide bonds. The van der Waals surface area contributed by atoms with E-state index in [-0.39, 0.29) is 12.5 Å². The molecule has 7 heteroatoms. The quantitative estimate of drug-likeness (QED) is 0.858. The maximum Gasteiger partial charge on any atom is 0.251 e. The number of ether oxygens (including phenoxy) is 3. The minimum absolute atomic E-state index is 0.261. The third-order valence-electron chi connectivity index (χ3n) is 3.75. The van der Waals surface area contributed by atoms with Crippen molar-refractivity contribution in [3.05, 3.63) is 53.1 Å². The van der Waals surface area contributed by atoms with Crippen molar-refractivity contribution in [1.29, 1.82) is 0 Å². The Bertz CT molecular complexity index is 802. The average molecular weight is 342 g/mol. The Balaban J connectivity index is 1.75. The molecule has 3 rings (SSSR count). The molecule has 25 heavy (non-hydrogen) atoms. The normalized spacial score (nSPS) is 12.4. The highest BCUT2D eigenvalue weighted by molar-refractivity contribution is 5.96. The van der Waals surface area contributed by atoms with Gasteiger partial charge in [-0.1, -0.05) is 12.1 Å². The van der Waals surface area contributed by atoms with Gasteiger partial charge in [0, 0.05) is 17.7 Å². The molecule has 0 aromatic heterocycles. The number of primary amides is 1. The topological polar surface area (TPSA) is 99.9 Å². The molecule has 3 N–H and O–H groups in total. The van der Waals surface area contributed by atoms with Crippen LogP contribution in [0.3, 0.4) is 0 Å². The van der Waals surface area contributed by atoms with E-state index in [1.807, 2.05) is 0 Å². The molecule has 0 bridgehead atoms. The first kappa shape index (κ1) is 16.6. The van der Waals surface area contributed by atoms with Crippen LogP contribution in [0.25, 0.3) is 0 Å². The van der Waals surface area contributed by atoms with Gasteiger partial charge in [-0.2, -0.15) is 0 Å². The first-order valence-corrected chi connectivity index (χ1v) is 7.73. The maximum absolute atomic E-state index is 12.4. The lowest BCUT2D eigenvalue weighted by molar-refractivity contribution is 0.0948. The Morgan fingerprint density at radius 2 is 1.96 bits per heavy atom. The summed E-state index contributed by atoms with van der Waals surface area (Å²) < 4.78 is 16.3. The Kier molecular flexibility index (Phi) is 4.74. The van der Waals surface area contributed by atoms with Crippen molar-refractivity contribution in [3.8, 4) is 17.2 Å². The van der Waals surface area contributed by atoms with Crippen molar-refractivity contribution in [3.63, 3.8) is 0 Å². The molecule has 0 atom stereocenters. The number of hydrogen-bond donors (Lipinski definition) is 2. The van der Waals surface area contributed by atoms with Crippen LogP contribution in [0.5, 0.6) is 17.2 Å². The number of amides is 2. The van der Waals surface area contributed by atoms with Crippen LogP contribution in [-0.2, 0) is 6.54 Å². The first-order chi connectivity index (χ1) is 12.1. The van der Waals surface area contributed by atoms with Crippen LogP contribution in [0.15, 0.2) is 36.4 Å². The molecular weight excluding hydrogens is 324 g/mol. The molecule has 1 heterocycles. The lowest BCUT2D eigenvalue weighted by atomic mass is 10.1. The molecule has 1 aliphatic rings. The number of nitrogens with two attached hydrogens (primary N) is 1. The number of fused-ring (bicyclic) bond motifs is 1. The van der Waals surface area contributed by atoms with Crippen LogP contribution in [0.2, 0.25) is 0 Å². The van der Waals surface area contributed by atoms with Gasteiger partial charge in [-0.05, 0) is 29.8 Å². The van der Waals surface area contributed by atoms with Crippen molar-refractivity contribution in [2.75, 3.05) is 20.3 Å². The minimum Gasteiger partial charge on any atom is -0.493 e. The molecule has 0 radical (unpaired) electrons. The predicted octanol–water partition coefficient (Wildman–Crippen LogP) is 1.50. The molecule has 130 valence electrons. The van der Waals surface area contributed by atoms with Gasteiger partial charge in [-0.3, -0.25) is 9.59 Å². The van der Waals surface area contributed by atoms with E-state index in [1.54, 1.807) is 36.4 Å². The minimum atomic E-state index is -0.509. The lowest BCUT2D eigenvalue weighted by Gasteiger charge is -2.21. The van der Waals surface area contributed by atoms with Crippen LogP contribution < -0.4 is 25.3 Å². The van der Waals surface area contributed by atoms with E-state index in [0.717, 1.165) is 5.56 Å². The molecule has 0 saturated heterocycles. The second-order valence-electron chi connectivity index (χ2n) is 5.45. The van der Waals surface area contributed by atoms with Crippen LogP contribution in [-0.4, -0.2) is 32.1 Å². The SMILES string of the molecule is COc1cc(C(=O)NCc2cccc(C(N)=O)c2)cc2c1OCCO2. The van der Waals surface area contributed by atoms with E-state index < -0.39 is 5.91 Å². The molecule has 2 aromatic carbocycles. The molecule has 0 fully saturated rings. The Morgan fingerprint density at radius 3 is 2.72 bits per heavy atom. The first-order valence-electron chi connectivity index (χ1n) is 7.73. The zero-order valence-electron chi connectivity index (χ0n) is 13.7. The van der Waals surface area contributed by atoms with Crippen LogP contribution >= 0.6 is 0 Å². The number of carbonyl (C=O) groups excluding carboxylic acids is 2. The second kappa shape index (κ2) is 7.12. The zero-order chi connectivity index (χ0) is 17.8. The molecule has 0 saturated carbocycles. The lowest BCUT2D eigenvalue weighted by Crippen LogP contribution is -2.24. The summed E-state index contributed by atoms with van der Waals surface area (Å²) in [6.45, 7) is 1.11. The van der Waals surface area contributed by atoms with Crippen LogP contribution in [0.4, 0.5) is 0 Å². The monoisotopic (exact) mass is 342 g/mol. The number of nitrogens with one attached hydrogen (secondary N) is 1. The fourth-order valence-corrected chi connectivity index (χ4v) is 2.52. The van der Waals surface area contributed by atoms with Gasteiger partial charge < -0.3 is 25.3 Å². The Hall–Kier alpha value is -3.22. The van der Waals surface area contributed by atoms with Crippen molar-refractivity contribution < 1.29 is 23.8 Å². The summed E-state index contributed by atoms with van der Waals surface area (Å²) >= 11 is 0. The van der Waals surface area contributed by atoms with Crippen LogP contribution in [0, 0.1) is 0 Å². The highest BCUT2D eigenvalue weighted by Crippen LogP contribution is 2.40. The van der Waals surface area contributed by atoms with Crippen molar-refractivity contribution in [2.24, 2.45) is 5.73 Å². The van der Waals surface area contributed by atoms with Gasteiger partial charge in [-0.15, -0.1) is 0 Å². The summed E-state index contributed by atoms with van der Waals surface area (Å²) in [5, 5.41) is 2.80. The summed E-state index contributed by atoms with van der Waals surface area (Å²) in [6, 6.07) is 10.0. The third-order valence-corrected chi connectivity index (χ3v) is 3.75. The molecule has 0 aliphatic carbocycles. The van der Waals surface area contributed by atoms with Crippen molar-refractivity contribution >= 4 is 11.8 Å². The fourth-order valence-electron chi connectivity index (χ4n) is 2.52. The summed E-state index contributed by atoms with van der Waals surface area (Å²) in [7, 11) is 1.50. The van der Waals surface area contributed by atoms with Crippen molar-refractivity contribution in [2.45, 2.75) is 6.54 Å². The zero-order valence-corrected chi connectivity index (χ0v) is 13.7. The molecular formula is C18H18N2O5. The predicted molar refractivity (Wildman–Crippen MR) is 90.1 cm³/mol. The van der Waals surface area contributed by atoms with Gasteiger partial charge in [0.2, 0.25) is 11.7 Å². The van der Waals surface area contributed by atoms with E-state index in [4.69, 9.17) is 19.9 Å². The Morgan fingerprint density at radius 1 is 1.16 bits per heavy atom. The number of hydrogen-bond acceptors (Lipinski definition) is 5. The molecule has 1 aliphatic heterocycles. The van der Waals surface area contributed by atoms with Crippen LogP contribution in [0.1, 0.15) is 26.3 Å². The van der Waals surface area contributed by atoms with Crippen molar-refractivity contribution in [1.82, 2.24) is 5.32 Å². The molecule has 0 unspecified atom stereocenters. The third kappa shape index (κ3) is 3.65. The second-order valence-corrected chi connectivity index (χ2v) is 5.45. The number of rotatable bonds is 5. The highest BCUT2D eigenvalue weighted by Gasteiger charge is 2.20. The van der Waals surface area contributed by atoms with Gasteiger partial charge in [0.15, 0.2) is 11.5 Å². The fraction of sp³-hybridized carbons (Fsp3) is 0.222. The summed E-state index contributed by atoms with van der Waals surface area (Å²) in [5.74, 6) is 0.619. The molecule has 0 spiro atoms. The van der Waals surface area contributed by atoms with E-state index >= 15 is 0 Å². The largest absolute Gasteiger partial charge is 0.493 e. The van der Waals surface area contributed by atoms with E-state index in [9.17, 15) is 9.59 Å². The summed E-state index contributed by atoms with van der Waals surface area (Å²) in [5.41, 5.74) is 6.82.